The Kier molecular flexibility index (Phi) is 6.65. The van der Waals surface area contributed by atoms with Gasteiger partial charge in [-0.25, -0.2) is 0 Å². The molecule has 1 atom stereocenters. The maximum absolute atomic E-state index is 5.53. The minimum Gasteiger partial charge on any atom is -0.380 e. The third-order valence-electron chi connectivity index (χ3n) is 2.45. The summed E-state index contributed by atoms with van der Waals surface area (Å²) < 4.78 is 5.53. The van der Waals surface area contributed by atoms with Gasteiger partial charge in [0.25, 0.3) is 0 Å². The average molecular weight is 217 g/mol. The highest BCUT2D eigenvalue weighted by Crippen LogP contribution is 2.16. The van der Waals surface area contributed by atoms with Crippen LogP contribution < -0.4 is 5.32 Å². The average Bonchev–Trinajstić information content (AvgIpc) is 2.63. The van der Waals surface area contributed by atoms with E-state index in [4.69, 9.17) is 4.74 Å². The Bertz CT molecular complexity index is 135. The zero-order chi connectivity index (χ0) is 10.2. The van der Waals surface area contributed by atoms with Crippen molar-refractivity contribution in [2.75, 3.05) is 31.3 Å². The molecule has 3 heteroatoms. The maximum Gasteiger partial charge on any atom is 0.0591 e. The van der Waals surface area contributed by atoms with Crippen LogP contribution in [0.25, 0.3) is 0 Å². The fourth-order valence-electron chi connectivity index (χ4n) is 1.45. The first-order valence-corrected chi connectivity index (χ1v) is 6.83. The molecule has 0 aliphatic carbocycles. The molecule has 0 spiro atoms. The molecule has 2 nitrogen and oxygen atoms in total. The second-order valence-electron chi connectivity index (χ2n) is 4.31. The third kappa shape index (κ3) is 5.89. The summed E-state index contributed by atoms with van der Waals surface area (Å²) in [6.07, 6.45) is 2.51. The molecule has 0 bridgehead atoms. The molecule has 0 radical (unpaired) electrons. The molecule has 14 heavy (non-hydrogen) atoms. The van der Waals surface area contributed by atoms with Gasteiger partial charge in [-0.2, -0.15) is 11.8 Å². The van der Waals surface area contributed by atoms with Crippen molar-refractivity contribution in [3.8, 4) is 0 Å². The van der Waals surface area contributed by atoms with E-state index in [0.717, 1.165) is 31.7 Å². The summed E-state index contributed by atoms with van der Waals surface area (Å²) >= 11 is 2.05. The van der Waals surface area contributed by atoms with Gasteiger partial charge < -0.3 is 10.1 Å². The van der Waals surface area contributed by atoms with Crippen molar-refractivity contribution in [2.24, 2.45) is 5.92 Å². The molecular weight excluding hydrogens is 194 g/mol. The van der Waals surface area contributed by atoms with E-state index in [2.05, 4.69) is 30.9 Å². The summed E-state index contributed by atoms with van der Waals surface area (Å²) in [6.45, 7) is 7.27. The van der Waals surface area contributed by atoms with Gasteiger partial charge in [0, 0.05) is 24.9 Å². The number of thioether (sulfide) groups is 1. The SMILES string of the molecule is CC(C)CCOCCNC1CCSC1. The van der Waals surface area contributed by atoms with Crippen molar-refractivity contribution in [3.05, 3.63) is 0 Å². The summed E-state index contributed by atoms with van der Waals surface area (Å²) in [5.41, 5.74) is 0. The van der Waals surface area contributed by atoms with E-state index >= 15 is 0 Å². The first kappa shape index (κ1) is 12.3. The molecule has 1 unspecified atom stereocenters. The van der Waals surface area contributed by atoms with Crippen LogP contribution in [0.2, 0.25) is 0 Å². The Labute approximate surface area is 92.2 Å². The molecular formula is C11H23NOS. The number of hydrogen-bond acceptors (Lipinski definition) is 3. The van der Waals surface area contributed by atoms with E-state index in [1.165, 1.54) is 24.3 Å². The van der Waals surface area contributed by atoms with Gasteiger partial charge in [0.2, 0.25) is 0 Å². The van der Waals surface area contributed by atoms with Gasteiger partial charge in [0.1, 0.15) is 0 Å². The van der Waals surface area contributed by atoms with Crippen LogP contribution in [-0.2, 0) is 4.74 Å². The molecule has 0 saturated carbocycles. The second kappa shape index (κ2) is 7.55. The second-order valence-corrected chi connectivity index (χ2v) is 5.46. The number of rotatable bonds is 7. The van der Waals surface area contributed by atoms with Crippen molar-refractivity contribution < 1.29 is 4.74 Å². The van der Waals surface area contributed by atoms with Crippen LogP contribution in [-0.4, -0.2) is 37.3 Å². The van der Waals surface area contributed by atoms with Crippen LogP contribution in [0.15, 0.2) is 0 Å². The van der Waals surface area contributed by atoms with E-state index in [0.29, 0.717) is 0 Å². The van der Waals surface area contributed by atoms with Crippen LogP contribution in [0, 0.1) is 5.92 Å². The zero-order valence-electron chi connectivity index (χ0n) is 9.42. The quantitative estimate of drug-likeness (QED) is 0.660. The topological polar surface area (TPSA) is 21.3 Å². The molecule has 0 amide bonds. The molecule has 1 N–H and O–H groups in total. The minimum absolute atomic E-state index is 0.744. The van der Waals surface area contributed by atoms with Crippen LogP contribution in [0.1, 0.15) is 26.7 Å². The predicted molar refractivity (Wildman–Crippen MR) is 64.0 cm³/mol. The highest BCUT2D eigenvalue weighted by Gasteiger charge is 2.13. The fourth-order valence-corrected chi connectivity index (χ4v) is 2.64. The Hall–Kier alpha value is 0.270. The van der Waals surface area contributed by atoms with Crippen LogP contribution in [0.5, 0.6) is 0 Å². The minimum atomic E-state index is 0.744. The Morgan fingerprint density at radius 2 is 2.29 bits per heavy atom. The summed E-state index contributed by atoms with van der Waals surface area (Å²) in [6, 6.07) is 0.744. The first-order valence-electron chi connectivity index (χ1n) is 5.68. The van der Waals surface area contributed by atoms with Crippen molar-refractivity contribution in [1.29, 1.82) is 0 Å². The van der Waals surface area contributed by atoms with Gasteiger partial charge in [-0.1, -0.05) is 13.8 Å². The van der Waals surface area contributed by atoms with Crippen LogP contribution in [0.3, 0.4) is 0 Å². The molecule has 1 heterocycles. The molecule has 0 aromatic carbocycles. The van der Waals surface area contributed by atoms with E-state index in [1.807, 2.05) is 0 Å². The van der Waals surface area contributed by atoms with Crippen molar-refractivity contribution in [1.82, 2.24) is 5.32 Å². The lowest BCUT2D eigenvalue weighted by Crippen LogP contribution is -2.31. The third-order valence-corrected chi connectivity index (χ3v) is 3.61. The monoisotopic (exact) mass is 217 g/mol. The number of hydrogen-bond donors (Lipinski definition) is 1. The summed E-state index contributed by atoms with van der Waals surface area (Å²) in [4.78, 5) is 0. The first-order chi connectivity index (χ1) is 6.79. The van der Waals surface area contributed by atoms with Gasteiger partial charge in [-0.3, -0.25) is 0 Å². The lowest BCUT2D eigenvalue weighted by molar-refractivity contribution is 0.124. The lowest BCUT2D eigenvalue weighted by Gasteiger charge is -2.11. The maximum atomic E-state index is 5.53. The Morgan fingerprint density at radius 3 is 2.93 bits per heavy atom. The highest BCUT2D eigenvalue weighted by molar-refractivity contribution is 7.99. The van der Waals surface area contributed by atoms with Crippen molar-refractivity contribution in [3.63, 3.8) is 0 Å². The molecule has 1 saturated heterocycles. The highest BCUT2D eigenvalue weighted by atomic mass is 32.2. The molecule has 1 aliphatic rings. The predicted octanol–water partition coefficient (Wildman–Crippen LogP) is 2.14. The van der Waals surface area contributed by atoms with Crippen molar-refractivity contribution in [2.45, 2.75) is 32.7 Å². The van der Waals surface area contributed by atoms with Crippen LogP contribution in [0.4, 0.5) is 0 Å². The van der Waals surface area contributed by atoms with Gasteiger partial charge >= 0.3 is 0 Å². The van der Waals surface area contributed by atoms with E-state index in [9.17, 15) is 0 Å². The zero-order valence-corrected chi connectivity index (χ0v) is 10.2. The van der Waals surface area contributed by atoms with E-state index in [1.54, 1.807) is 0 Å². The summed E-state index contributed by atoms with van der Waals surface area (Å²) in [7, 11) is 0. The largest absolute Gasteiger partial charge is 0.380 e. The molecule has 84 valence electrons. The van der Waals surface area contributed by atoms with Gasteiger partial charge in [-0.15, -0.1) is 0 Å². The molecule has 1 rings (SSSR count). The molecule has 1 fully saturated rings. The van der Waals surface area contributed by atoms with Gasteiger partial charge in [0.05, 0.1) is 6.61 Å². The molecule has 0 aromatic rings. The summed E-state index contributed by atoms with van der Waals surface area (Å²) in [5.74, 6) is 3.37. The molecule has 1 aliphatic heterocycles. The van der Waals surface area contributed by atoms with Gasteiger partial charge in [0.15, 0.2) is 0 Å². The lowest BCUT2D eigenvalue weighted by atomic mass is 10.1. The van der Waals surface area contributed by atoms with E-state index in [-0.39, 0.29) is 0 Å². The normalized spacial score (nSPS) is 22.1. The Morgan fingerprint density at radius 1 is 1.43 bits per heavy atom. The smallest absolute Gasteiger partial charge is 0.0591 e. The number of nitrogens with one attached hydrogen (secondary N) is 1. The van der Waals surface area contributed by atoms with Crippen molar-refractivity contribution >= 4 is 11.8 Å². The van der Waals surface area contributed by atoms with Crippen LogP contribution >= 0.6 is 11.8 Å². The molecule has 0 aromatic heterocycles. The number of ether oxygens (including phenoxy) is 1. The van der Waals surface area contributed by atoms with Gasteiger partial charge in [-0.05, 0) is 24.5 Å². The summed E-state index contributed by atoms with van der Waals surface area (Å²) in [5, 5.41) is 3.52. The van der Waals surface area contributed by atoms with E-state index < -0.39 is 0 Å². The fraction of sp³-hybridized carbons (Fsp3) is 1.00. The Balaban J connectivity index is 1.79. The standard InChI is InChI=1S/C11H23NOS/c1-10(2)3-6-13-7-5-12-11-4-8-14-9-11/h10-12H,3-9H2,1-2H3.